The molecule has 1 fully saturated rings. The zero-order valence-corrected chi connectivity index (χ0v) is 11.2. The largest absolute Gasteiger partial charge is 0.481 e. The van der Waals surface area contributed by atoms with Gasteiger partial charge in [0.1, 0.15) is 0 Å². The van der Waals surface area contributed by atoms with Crippen LogP contribution in [0.3, 0.4) is 0 Å². The summed E-state index contributed by atoms with van der Waals surface area (Å²) in [6.07, 6.45) is 0.425. The average molecular weight is 293 g/mol. The lowest BCUT2D eigenvalue weighted by Crippen LogP contribution is -2.38. The van der Waals surface area contributed by atoms with Gasteiger partial charge in [-0.15, -0.1) is 0 Å². The van der Waals surface area contributed by atoms with E-state index in [1.807, 2.05) is 0 Å². The second-order valence-corrected chi connectivity index (χ2v) is 4.81. The normalized spacial score (nSPS) is 17.5. The number of urea groups is 1. The lowest BCUT2D eigenvalue weighted by atomic mass is 10.1. The quantitative estimate of drug-likeness (QED) is 0.640. The van der Waals surface area contributed by atoms with E-state index in [4.69, 9.17) is 5.11 Å². The molecule has 1 heterocycles. The van der Waals surface area contributed by atoms with Gasteiger partial charge in [-0.1, -0.05) is 18.2 Å². The number of nitrogens with zero attached hydrogens (tertiary/aromatic N) is 2. The second kappa shape index (κ2) is 6.21. The van der Waals surface area contributed by atoms with E-state index in [0.717, 1.165) is 0 Å². The van der Waals surface area contributed by atoms with Crippen LogP contribution in [0.5, 0.6) is 0 Å². The lowest BCUT2D eigenvalue weighted by molar-refractivity contribution is -0.385. The molecule has 0 saturated carbocycles. The number of nitro groups is 1. The minimum atomic E-state index is -0.913. The van der Waals surface area contributed by atoms with Crippen molar-refractivity contribution in [2.45, 2.75) is 13.0 Å². The van der Waals surface area contributed by atoms with E-state index in [1.165, 1.54) is 11.0 Å². The van der Waals surface area contributed by atoms with Crippen molar-refractivity contribution in [3.63, 3.8) is 0 Å². The van der Waals surface area contributed by atoms with Gasteiger partial charge in [0.2, 0.25) is 0 Å². The van der Waals surface area contributed by atoms with Crippen LogP contribution in [0.15, 0.2) is 24.3 Å². The first-order valence-corrected chi connectivity index (χ1v) is 6.47. The average Bonchev–Trinajstić information content (AvgIpc) is 2.95. The summed E-state index contributed by atoms with van der Waals surface area (Å²) in [7, 11) is 0. The maximum Gasteiger partial charge on any atom is 0.317 e. The summed E-state index contributed by atoms with van der Waals surface area (Å²) in [6, 6.07) is 5.75. The van der Waals surface area contributed by atoms with Crippen LogP contribution in [0.1, 0.15) is 12.0 Å². The number of nitrogens with one attached hydrogen (secondary N) is 1. The van der Waals surface area contributed by atoms with Crippen molar-refractivity contribution in [3.05, 3.63) is 39.9 Å². The molecule has 1 unspecified atom stereocenters. The van der Waals surface area contributed by atoms with Crippen molar-refractivity contribution in [2.75, 3.05) is 13.1 Å². The van der Waals surface area contributed by atoms with Gasteiger partial charge in [-0.3, -0.25) is 14.9 Å². The third-order valence-electron chi connectivity index (χ3n) is 3.44. The highest BCUT2D eigenvalue weighted by atomic mass is 16.6. The van der Waals surface area contributed by atoms with Crippen LogP contribution in [-0.4, -0.2) is 40.0 Å². The molecule has 8 heteroatoms. The Hall–Kier alpha value is -2.64. The Morgan fingerprint density at radius 1 is 1.43 bits per heavy atom. The zero-order valence-electron chi connectivity index (χ0n) is 11.2. The van der Waals surface area contributed by atoms with Crippen molar-refractivity contribution in [2.24, 2.45) is 5.92 Å². The maximum atomic E-state index is 11.9. The Kier molecular flexibility index (Phi) is 4.36. The summed E-state index contributed by atoms with van der Waals surface area (Å²) >= 11 is 0. The monoisotopic (exact) mass is 293 g/mol. The predicted octanol–water partition coefficient (Wildman–Crippen LogP) is 1.21. The molecule has 1 aromatic rings. The van der Waals surface area contributed by atoms with Gasteiger partial charge in [0.15, 0.2) is 0 Å². The molecule has 1 atom stereocenters. The van der Waals surface area contributed by atoms with Crippen molar-refractivity contribution < 1.29 is 19.6 Å². The van der Waals surface area contributed by atoms with Crippen LogP contribution >= 0.6 is 0 Å². The molecule has 21 heavy (non-hydrogen) atoms. The molecule has 1 aliphatic heterocycles. The van der Waals surface area contributed by atoms with Crippen LogP contribution in [0, 0.1) is 16.0 Å². The number of amides is 2. The molecule has 2 amide bonds. The molecule has 2 rings (SSSR count). The molecule has 1 aliphatic rings. The number of rotatable bonds is 4. The lowest BCUT2D eigenvalue weighted by Gasteiger charge is -2.16. The number of carboxylic acids is 1. The van der Waals surface area contributed by atoms with E-state index >= 15 is 0 Å². The number of benzene rings is 1. The van der Waals surface area contributed by atoms with Crippen molar-refractivity contribution >= 4 is 17.7 Å². The fraction of sp³-hybridized carbons (Fsp3) is 0.385. The summed E-state index contributed by atoms with van der Waals surface area (Å²) < 4.78 is 0. The smallest absolute Gasteiger partial charge is 0.317 e. The first kappa shape index (κ1) is 14.8. The summed E-state index contributed by atoms with van der Waals surface area (Å²) in [6.45, 7) is 0.571. The van der Waals surface area contributed by atoms with Crippen molar-refractivity contribution in [3.8, 4) is 0 Å². The highest BCUT2D eigenvalue weighted by molar-refractivity contribution is 5.77. The molecule has 8 nitrogen and oxygen atoms in total. The molecular weight excluding hydrogens is 278 g/mol. The van der Waals surface area contributed by atoms with Crippen molar-refractivity contribution in [1.29, 1.82) is 0 Å². The third-order valence-corrected chi connectivity index (χ3v) is 3.44. The van der Waals surface area contributed by atoms with Gasteiger partial charge in [-0.2, -0.15) is 0 Å². The molecule has 0 aromatic heterocycles. The van der Waals surface area contributed by atoms with E-state index in [0.29, 0.717) is 18.5 Å². The number of likely N-dealkylation sites (tertiary alicyclic amines) is 1. The number of carbonyl (C=O) groups excluding carboxylic acids is 1. The number of nitro benzene ring substituents is 1. The zero-order chi connectivity index (χ0) is 15.4. The Balaban J connectivity index is 1.93. The van der Waals surface area contributed by atoms with Crippen molar-refractivity contribution in [1.82, 2.24) is 10.2 Å². The van der Waals surface area contributed by atoms with E-state index in [9.17, 15) is 19.7 Å². The number of carboxylic acid groups (broad SMARTS) is 1. The minimum Gasteiger partial charge on any atom is -0.481 e. The highest BCUT2D eigenvalue weighted by Gasteiger charge is 2.30. The van der Waals surface area contributed by atoms with E-state index < -0.39 is 22.8 Å². The first-order valence-electron chi connectivity index (χ1n) is 6.47. The Bertz CT molecular complexity index is 575. The molecular formula is C13H15N3O5. The molecule has 2 N–H and O–H groups in total. The summed E-state index contributed by atoms with van der Waals surface area (Å²) in [5, 5.41) is 22.3. The van der Waals surface area contributed by atoms with Gasteiger partial charge in [-0.25, -0.2) is 4.79 Å². The van der Waals surface area contributed by atoms with E-state index in [-0.39, 0.29) is 18.8 Å². The maximum absolute atomic E-state index is 11.9. The Morgan fingerprint density at radius 2 is 2.14 bits per heavy atom. The summed E-state index contributed by atoms with van der Waals surface area (Å²) in [5.74, 6) is -1.45. The molecule has 0 radical (unpaired) electrons. The minimum absolute atomic E-state index is 0.0320. The van der Waals surface area contributed by atoms with Gasteiger partial charge in [0.05, 0.1) is 17.4 Å². The van der Waals surface area contributed by atoms with Crippen LogP contribution in [0.2, 0.25) is 0 Å². The predicted molar refractivity (Wildman–Crippen MR) is 72.6 cm³/mol. The number of hydrogen-bond donors (Lipinski definition) is 2. The molecule has 1 aromatic carbocycles. The third kappa shape index (κ3) is 3.47. The Morgan fingerprint density at radius 3 is 2.76 bits per heavy atom. The van der Waals surface area contributed by atoms with Crippen LogP contribution in [-0.2, 0) is 11.3 Å². The van der Waals surface area contributed by atoms with Gasteiger partial charge in [0, 0.05) is 24.7 Å². The molecule has 0 aliphatic carbocycles. The second-order valence-electron chi connectivity index (χ2n) is 4.81. The molecule has 112 valence electrons. The number of para-hydroxylation sites is 1. The van der Waals surface area contributed by atoms with Gasteiger partial charge >= 0.3 is 12.0 Å². The van der Waals surface area contributed by atoms with Gasteiger partial charge in [0.25, 0.3) is 5.69 Å². The van der Waals surface area contributed by atoms with Crippen LogP contribution in [0.4, 0.5) is 10.5 Å². The fourth-order valence-corrected chi connectivity index (χ4v) is 2.27. The van der Waals surface area contributed by atoms with E-state index in [1.54, 1.807) is 18.2 Å². The highest BCUT2D eigenvalue weighted by Crippen LogP contribution is 2.18. The first-order chi connectivity index (χ1) is 9.99. The van der Waals surface area contributed by atoms with Gasteiger partial charge < -0.3 is 15.3 Å². The topological polar surface area (TPSA) is 113 Å². The van der Waals surface area contributed by atoms with Gasteiger partial charge in [-0.05, 0) is 6.42 Å². The van der Waals surface area contributed by atoms with Crippen LogP contribution < -0.4 is 5.32 Å². The summed E-state index contributed by atoms with van der Waals surface area (Å²) in [5.41, 5.74) is 0.354. The number of aliphatic carboxylic acids is 1. The molecule has 0 bridgehead atoms. The SMILES string of the molecule is O=C(O)C1CCN(C(=O)NCc2ccccc2[N+](=O)[O-])C1. The number of carbonyl (C=O) groups is 2. The standard InChI is InChI=1S/C13H15N3O5/c17-12(18)10-5-6-15(8-10)13(19)14-7-9-3-1-2-4-11(9)16(20)21/h1-4,10H,5-8H2,(H,14,19)(H,17,18). The number of hydrogen-bond acceptors (Lipinski definition) is 4. The fourth-order valence-electron chi connectivity index (χ4n) is 2.27. The van der Waals surface area contributed by atoms with Crippen LogP contribution in [0.25, 0.3) is 0 Å². The van der Waals surface area contributed by atoms with E-state index in [2.05, 4.69) is 5.32 Å². The molecule has 0 spiro atoms. The molecule has 1 saturated heterocycles. The Labute approximate surface area is 120 Å². The summed E-state index contributed by atoms with van der Waals surface area (Å²) in [4.78, 5) is 34.5.